The third-order valence-electron chi connectivity index (χ3n) is 0.914. The second kappa shape index (κ2) is 7.68. The smallest absolute Gasteiger partial charge is 0.404 e. The summed E-state index contributed by atoms with van der Waals surface area (Å²) in [5, 5.41) is 3.19. The van der Waals surface area contributed by atoms with Crippen LogP contribution in [0.1, 0.15) is 6.92 Å². The van der Waals surface area contributed by atoms with E-state index in [-0.39, 0.29) is 0 Å². The molecular weight excluding hydrogens is 164 g/mol. The van der Waals surface area contributed by atoms with Crippen LogP contribution in [0, 0.1) is 0 Å². The maximum Gasteiger partial charge on any atom is 0.404 e. The van der Waals surface area contributed by atoms with Gasteiger partial charge in [0.2, 0.25) is 0 Å². The van der Waals surface area contributed by atoms with Gasteiger partial charge in [-0.15, -0.1) is 11.8 Å². The van der Waals surface area contributed by atoms with Crippen molar-refractivity contribution in [1.82, 2.24) is 5.32 Å². The monoisotopic (exact) mass is 178 g/mol. The molecule has 66 valence electrons. The van der Waals surface area contributed by atoms with E-state index < -0.39 is 6.09 Å². The Labute approximate surface area is 70.9 Å². The highest BCUT2D eigenvalue weighted by Gasteiger charge is 1.93. The van der Waals surface area contributed by atoms with Crippen molar-refractivity contribution in [2.24, 2.45) is 5.73 Å². The molecule has 0 aromatic heterocycles. The zero-order valence-electron chi connectivity index (χ0n) is 6.63. The van der Waals surface area contributed by atoms with Gasteiger partial charge >= 0.3 is 6.09 Å². The van der Waals surface area contributed by atoms with Crippen LogP contribution < -0.4 is 11.1 Å². The molecule has 0 aliphatic carbocycles. The Kier molecular flexibility index (Phi) is 7.39. The molecule has 0 aromatic carbocycles. The highest BCUT2D eigenvalue weighted by atomic mass is 32.2. The summed E-state index contributed by atoms with van der Waals surface area (Å²) in [5.41, 5.74) is 4.54. The fourth-order valence-corrected chi connectivity index (χ4v) is 1.22. The quantitative estimate of drug-likeness (QED) is 0.609. The first-order valence-corrected chi connectivity index (χ1v) is 4.63. The number of carbonyl (C=O) groups is 1. The molecule has 0 spiro atoms. The van der Waals surface area contributed by atoms with E-state index in [1.807, 2.05) is 11.8 Å². The minimum atomic E-state index is -0.711. The normalized spacial score (nSPS) is 15.0. The van der Waals surface area contributed by atoms with Gasteiger partial charge in [0.05, 0.1) is 6.61 Å². The summed E-state index contributed by atoms with van der Waals surface area (Å²) in [6.45, 7) is 3.27. The Hall–Kier alpha value is -0.420. The number of rotatable bonds is 1. The Morgan fingerprint density at radius 1 is 1.82 bits per heavy atom. The summed E-state index contributed by atoms with van der Waals surface area (Å²) >= 11 is 1.96. The highest BCUT2D eigenvalue weighted by Crippen LogP contribution is 1.99. The van der Waals surface area contributed by atoms with Gasteiger partial charge in [-0.3, -0.25) is 0 Å². The number of nitrogens with one attached hydrogen (secondary N) is 1. The highest BCUT2D eigenvalue weighted by molar-refractivity contribution is 7.99. The molecule has 4 nitrogen and oxygen atoms in total. The molecule has 1 rings (SSSR count). The number of amides is 1. The standard InChI is InChI=1S/C3H7NO2.C3H7NS/c1-2-6-3(4)5;1-2-5-3-4-1/h2H2,1H3,(H2,4,5);4H,1-3H2. The Morgan fingerprint density at radius 3 is 2.64 bits per heavy atom. The SMILES string of the molecule is C1CSCN1.CCOC(N)=O. The van der Waals surface area contributed by atoms with Crippen LogP contribution in [0.4, 0.5) is 4.79 Å². The Morgan fingerprint density at radius 2 is 2.55 bits per heavy atom. The van der Waals surface area contributed by atoms with Crippen molar-refractivity contribution in [1.29, 1.82) is 0 Å². The van der Waals surface area contributed by atoms with Crippen molar-refractivity contribution >= 4 is 17.9 Å². The van der Waals surface area contributed by atoms with E-state index in [0.29, 0.717) is 6.61 Å². The number of ether oxygens (including phenoxy) is 1. The first-order valence-electron chi connectivity index (χ1n) is 3.48. The van der Waals surface area contributed by atoms with Crippen LogP contribution in [0.15, 0.2) is 0 Å². The average Bonchev–Trinajstić information content (AvgIpc) is 2.41. The molecule has 1 aliphatic heterocycles. The zero-order chi connectivity index (χ0) is 8.53. The first-order chi connectivity index (χ1) is 5.27. The molecule has 0 saturated carbocycles. The van der Waals surface area contributed by atoms with E-state index in [9.17, 15) is 4.79 Å². The second-order valence-electron chi connectivity index (χ2n) is 1.80. The van der Waals surface area contributed by atoms with Crippen LogP contribution in [-0.2, 0) is 4.74 Å². The first kappa shape index (κ1) is 10.6. The van der Waals surface area contributed by atoms with Crippen LogP contribution in [-0.4, -0.2) is 30.9 Å². The van der Waals surface area contributed by atoms with E-state index in [0.717, 1.165) is 0 Å². The molecular formula is C6H14N2O2S. The van der Waals surface area contributed by atoms with Crippen molar-refractivity contribution in [2.45, 2.75) is 6.92 Å². The molecule has 1 amide bonds. The molecule has 5 heteroatoms. The minimum absolute atomic E-state index is 0.356. The van der Waals surface area contributed by atoms with Gasteiger partial charge in [-0.1, -0.05) is 0 Å². The lowest BCUT2D eigenvalue weighted by molar-refractivity contribution is 0.163. The van der Waals surface area contributed by atoms with E-state index in [2.05, 4.69) is 15.8 Å². The van der Waals surface area contributed by atoms with Crippen LogP contribution in [0.25, 0.3) is 0 Å². The number of hydrogen-bond donors (Lipinski definition) is 2. The maximum absolute atomic E-state index is 9.60. The molecule has 0 radical (unpaired) electrons. The molecule has 0 unspecified atom stereocenters. The Balaban J connectivity index is 0.000000183. The van der Waals surface area contributed by atoms with Gasteiger partial charge in [0.1, 0.15) is 0 Å². The van der Waals surface area contributed by atoms with Crippen molar-refractivity contribution < 1.29 is 9.53 Å². The number of primary amides is 1. The summed E-state index contributed by atoms with van der Waals surface area (Å²) in [5.74, 6) is 2.47. The predicted molar refractivity (Wildman–Crippen MR) is 46.5 cm³/mol. The molecule has 0 atom stereocenters. The van der Waals surface area contributed by atoms with Gasteiger partial charge in [0.25, 0.3) is 0 Å². The van der Waals surface area contributed by atoms with Gasteiger partial charge < -0.3 is 15.8 Å². The molecule has 1 heterocycles. The van der Waals surface area contributed by atoms with E-state index in [1.54, 1.807) is 6.92 Å². The predicted octanol–water partition coefficient (Wildman–Crippen LogP) is 0.382. The van der Waals surface area contributed by atoms with Gasteiger partial charge in [0, 0.05) is 18.2 Å². The van der Waals surface area contributed by atoms with Crippen molar-refractivity contribution in [2.75, 3.05) is 24.8 Å². The lowest BCUT2D eigenvalue weighted by Crippen LogP contribution is -2.11. The average molecular weight is 178 g/mol. The summed E-state index contributed by atoms with van der Waals surface area (Å²) in [4.78, 5) is 9.60. The van der Waals surface area contributed by atoms with Crippen LogP contribution in [0.2, 0.25) is 0 Å². The summed E-state index contributed by atoms with van der Waals surface area (Å²) in [6.07, 6.45) is -0.711. The van der Waals surface area contributed by atoms with Gasteiger partial charge in [0.15, 0.2) is 0 Å². The fourth-order valence-electron chi connectivity index (χ4n) is 0.503. The molecule has 0 bridgehead atoms. The van der Waals surface area contributed by atoms with E-state index in [1.165, 1.54) is 18.2 Å². The largest absolute Gasteiger partial charge is 0.450 e. The molecule has 1 fully saturated rings. The number of carbonyl (C=O) groups excluding carboxylic acids is 1. The number of thioether (sulfide) groups is 1. The lowest BCUT2D eigenvalue weighted by Gasteiger charge is -1.89. The van der Waals surface area contributed by atoms with Crippen molar-refractivity contribution in [3.05, 3.63) is 0 Å². The minimum Gasteiger partial charge on any atom is -0.450 e. The van der Waals surface area contributed by atoms with Crippen LogP contribution in [0.5, 0.6) is 0 Å². The van der Waals surface area contributed by atoms with Crippen LogP contribution >= 0.6 is 11.8 Å². The topological polar surface area (TPSA) is 64.3 Å². The van der Waals surface area contributed by atoms with Gasteiger partial charge in [-0.2, -0.15) is 0 Å². The summed E-state index contributed by atoms with van der Waals surface area (Å²) in [7, 11) is 0. The van der Waals surface area contributed by atoms with E-state index >= 15 is 0 Å². The third-order valence-corrected chi connectivity index (χ3v) is 1.81. The molecule has 1 saturated heterocycles. The number of hydrogen-bond acceptors (Lipinski definition) is 4. The summed E-state index contributed by atoms with van der Waals surface area (Å²) < 4.78 is 4.18. The number of nitrogens with two attached hydrogens (primary N) is 1. The molecule has 1 aliphatic rings. The second-order valence-corrected chi connectivity index (χ2v) is 2.91. The summed E-state index contributed by atoms with van der Waals surface area (Å²) in [6, 6.07) is 0. The van der Waals surface area contributed by atoms with E-state index in [4.69, 9.17) is 0 Å². The van der Waals surface area contributed by atoms with Crippen LogP contribution in [0.3, 0.4) is 0 Å². The van der Waals surface area contributed by atoms with Gasteiger partial charge in [-0.05, 0) is 6.92 Å². The van der Waals surface area contributed by atoms with Gasteiger partial charge in [-0.25, -0.2) is 4.79 Å². The molecule has 3 N–H and O–H groups in total. The lowest BCUT2D eigenvalue weighted by atomic mass is 10.8. The Bertz CT molecular complexity index is 99.1. The maximum atomic E-state index is 9.60. The fraction of sp³-hybridized carbons (Fsp3) is 0.833. The van der Waals surface area contributed by atoms with Crippen molar-refractivity contribution in [3.63, 3.8) is 0 Å². The molecule has 0 aromatic rings. The molecule has 11 heavy (non-hydrogen) atoms. The zero-order valence-corrected chi connectivity index (χ0v) is 7.45. The third kappa shape index (κ3) is 9.58. The van der Waals surface area contributed by atoms with Crippen molar-refractivity contribution in [3.8, 4) is 0 Å².